The molecule has 0 aliphatic carbocycles. The van der Waals surface area contributed by atoms with Gasteiger partial charge in [0.05, 0.1) is 17.5 Å². The Kier molecular flexibility index (Phi) is 6.93. The molecule has 0 N–H and O–H groups in total. The van der Waals surface area contributed by atoms with Gasteiger partial charge in [-0.1, -0.05) is 11.6 Å². The number of carbonyl (C=O) groups excluding carboxylic acids is 2. The standard InChI is InChI=1S/C20H25ClN2O5S/c1-7-28-20(25)18-12(2)17(13(3)22(18)5)19(24)14(4)23(6)29(26,27)16-10-8-15(21)9-11-16/h8-11,14H,7H2,1-6H3. The predicted molar refractivity (Wildman–Crippen MR) is 111 cm³/mol. The molecule has 1 unspecified atom stereocenters. The van der Waals surface area contributed by atoms with Gasteiger partial charge in [0.1, 0.15) is 5.69 Å². The van der Waals surface area contributed by atoms with Crippen LogP contribution in [0.2, 0.25) is 5.02 Å². The number of Topliss-reactive ketones (excluding diaryl/α,β-unsaturated/α-hetero) is 1. The molecule has 2 rings (SSSR count). The van der Waals surface area contributed by atoms with E-state index in [1.54, 1.807) is 32.4 Å². The lowest BCUT2D eigenvalue weighted by molar-refractivity contribution is 0.0514. The SMILES string of the molecule is CCOC(=O)c1c(C)c(C(=O)C(C)N(C)S(=O)(=O)c2ccc(Cl)cc2)c(C)n1C. The number of hydrogen-bond acceptors (Lipinski definition) is 5. The number of hydrogen-bond donors (Lipinski definition) is 0. The Hall–Kier alpha value is -2.16. The van der Waals surface area contributed by atoms with Gasteiger partial charge in [0.25, 0.3) is 0 Å². The van der Waals surface area contributed by atoms with E-state index >= 15 is 0 Å². The van der Waals surface area contributed by atoms with Crippen molar-refractivity contribution in [2.24, 2.45) is 7.05 Å². The second kappa shape index (κ2) is 8.69. The van der Waals surface area contributed by atoms with Gasteiger partial charge in [0.15, 0.2) is 5.78 Å². The number of benzene rings is 1. The largest absolute Gasteiger partial charge is 0.461 e. The molecule has 0 radical (unpaired) electrons. The number of aromatic nitrogens is 1. The maximum atomic E-state index is 13.2. The highest BCUT2D eigenvalue weighted by Crippen LogP contribution is 2.26. The van der Waals surface area contributed by atoms with Crippen LogP contribution in [0.25, 0.3) is 0 Å². The van der Waals surface area contributed by atoms with E-state index in [1.165, 1.54) is 38.2 Å². The zero-order chi connectivity index (χ0) is 22.1. The molecule has 0 spiro atoms. The second-order valence-electron chi connectivity index (χ2n) is 6.73. The lowest BCUT2D eigenvalue weighted by Crippen LogP contribution is -2.40. The summed E-state index contributed by atoms with van der Waals surface area (Å²) in [5.41, 5.74) is 1.64. The Morgan fingerprint density at radius 1 is 1.21 bits per heavy atom. The molecular formula is C20H25ClN2O5S. The number of carbonyl (C=O) groups is 2. The van der Waals surface area contributed by atoms with Crippen LogP contribution in [0, 0.1) is 13.8 Å². The van der Waals surface area contributed by atoms with Gasteiger partial charge < -0.3 is 9.30 Å². The van der Waals surface area contributed by atoms with E-state index in [0.29, 0.717) is 21.8 Å². The van der Waals surface area contributed by atoms with Gasteiger partial charge in [-0.05, 0) is 57.5 Å². The fourth-order valence-electron chi connectivity index (χ4n) is 3.18. The summed E-state index contributed by atoms with van der Waals surface area (Å²) in [5, 5.41) is 0.415. The zero-order valence-corrected chi connectivity index (χ0v) is 18.9. The number of halogens is 1. The minimum absolute atomic E-state index is 0.0396. The lowest BCUT2D eigenvalue weighted by Gasteiger charge is -2.23. The summed E-state index contributed by atoms with van der Waals surface area (Å²) in [5.74, 6) is -0.921. The van der Waals surface area contributed by atoms with Crippen LogP contribution in [-0.4, -0.2) is 48.7 Å². The van der Waals surface area contributed by atoms with Crippen LogP contribution in [-0.2, 0) is 21.8 Å². The van der Waals surface area contributed by atoms with E-state index in [1.807, 2.05) is 0 Å². The van der Waals surface area contributed by atoms with Crippen LogP contribution >= 0.6 is 11.6 Å². The Labute approximate surface area is 176 Å². The van der Waals surface area contributed by atoms with Crippen LogP contribution in [0.5, 0.6) is 0 Å². The summed E-state index contributed by atoms with van der Waals surface area (Å²) in [6, 6.07) is 4.76. The van der Waals surface area contributed by atoms with Crippen molar-refractivity contribution in [3.8, 4) is 0 Å². The maximum absolute atomic E-state index is 13.2. The first-order valence-electron chi connectivity index (χ1n) is 9.05. The smallest absolute Gasteiger partial charge is 0.355 e. The topological polar surface area (TPSA) is 85.7 Å². The van der Waals surface area contributed by atoms with Crippen molar-refractivity contribution >= 4 is 33.4 Å². The number of ketones is 1. The third kappa shape index (κ3) is 4.24. The van der Waals surface area contributed by atoms with Crippen molar-refractivity contribution in [2.45, 2.75) is 38.6 Å². The second-order valence-corrected chi connectivity index (χ2v) is 9.16. The number of ether oxygens (including phenoxy) is 1. The molecule has 1 heterocycles. The van der Waals surface area contributed by atoms with Crippen molar-refractivity contribution in [2.75, 3.05) is 13.7 Å². The minimum Gasteiger partial charge on any atom is -0.461 e. The first-order valence-corrected chi connectivity index (χ1v) is 10.9. The van der Waals surface area contributed by atoms with Gasteiger partial charge in [-0.15, -0.1) is 0 Å². The number of nitrogens with zero attached hydrogens (tertiary/aromatic N) is 2. The molecule has 2 aromatic rings. The lowest BCUT2D eigenvalue weighted by atomic mass is 10.0. The summed E-state index contributed by atoms with van der Waals surface area (Å²) in [4.78, 5) is 25.5. The third-order valence-corrected chi connectivity index (χ3v) is 7.26. The summed E-state index contributed by atoms with van der Waals surface area (Å²) >= 11 is 5.83. The number of likely N-dealkylation sites (N-methyl/N-ethyl adjacent to an activating group) is 1. The predicted octanol–water partition coefficient (Wildman–Crippen LogP) is 3.36. The number of sulfonamides is 1. The highest BCUT2D eigenvalue weighted by atomic mass is 35.5. The van der Waals surface area contributed by atoms with Crippen molar-refractivity contribution in [3.63, 3.8) is 0 Å². The summed E-state index contributed by atoms with van der Waals surface area (Å²) < 4.78 is 33.5. The molecule has 0 fully saturated rings. The Balaban J connectivity index is 2.43. The highest BCUT2D eigenvalue weighted by molar-refractivity contribution is 7.89. The molecule has 1 aromatic heterocycles. The van der Waals surface area contributed by atoms with Crippen LogP contribution in [0.15, 0.2) is 29.2 Å². The van der Waals surface area contributed by atoms with Gasteiger partial charge in [0.2, 0.25) is 10.0 Å². The Morgan fingerprint density at radius 2 is 1.76 bits per heavy atom. The van der Waals surface area contributed by atoms with Crippen molar-refractivity contribution in [1.29, 1.82) is 0 Å². The van der Waals surface area contributed by atoms with Crippen molar-refractivity contribution in [3.05, 3.63) is 51.8 Å². The molecule has 0 saturated heterocycles. The minimum atomic E-state index is -3.91. The van der Waals surface area contributed by atoms with Gasteiger partial charge >= 0.3 is 5.97 Å². The van der Waals surface area contributed by atoms with Gasteiger partial charge in [-0.25, -0.2) is 13.2 Å². The summed E-state index contributed by atoms with van der Waals surface area (Å²) in [7, 11) is -0.882. The Morgan fingerprint density at radius 3 is 2.28 bits per heavy atom. The molecule has 0 aliphatic heterocycles. The zero-order valence-electron chi connectivity index (χ0n) is 17.3. The van der Waals surface area contributed by atoms with E-state index in [0.717, 1.165) is 4.31 Å². The van der Waals surface area contributed by atoms with Crippen LogP contribution in [0.3, 0.4) is 0 Å². The highest BCUT2D eigenvalue weighted by Gasteiger charge is 2.34. The Bertz CT molecular complexity index is 1040. The molecule has 1 aromatic carbocycles. The average Bonchev–Trinajstić information content (AvgIpc) is 2.89. The van der Waals surface area contributed by atoms with Gasteiger partial charge in [-0.3, -0.25) is 4.79 Å². The number of esters is 1. The normalized spacial score (nSPS) is 12.8. The van der Waals surface area contributed by atoms with Crippen molar-refractivity contribution < 1.29 is 22.7 Å². The van der Waals surface area contributed by atoms with Gasteiger partial charge in [-0.2, -0.15) is 4.31 Å². The summed E-state index contributed by atoms with van der Waals surface area (Å²) in [6.45, 7) is 6.81. The molecule has 9 heteroatoms. The molecular weight excluding hydrogens is 416 g/mol. The maximum Gasteiger partial charge on any atom is 0.355 e. The average molecular weight is 441 g/mol. The molecule has 7 nitrogen and oxygen atoms in total. The molecule has 29 heavy (non-hydrogen) atoms. The van der Waals surface area contributed by atoms with E-state index in [9.17, 15) is 18.0 Å². The molecule has 158 valence electrons. The monoisotopic (exact) mass is 440 g/mol. The first-order chi connectivity index (χ1) is 13.4. The van der Waals surface area contributed by atoms with E-state index in [2.05, 4.69) is 0 Å². The van der Waals surface area contributed by atoms with E-state index in [4.69, 9.17) is 16.3 Å². The molecule has 0 bridgehead atoms. The molecule has 0 saturated carbocycles. The molecule has 0 aliphatic rings. The summed E-state index contributed by atoms with van der Waals surface area (Å²) in [6.07, 6.45) is 0. The van der Waals surface area contributed by atoms with Crippen LogP contribution in [0.1, 0.15) is 46.0 Å². The van der Waals surface area contributed by atoms with E-state index < -0.39 is 27.8 Å². The fourth-order valence-corrected chi connectivity index (χ4v) is 4.63. The van der Waals surface area contributed by atoms with E-state index in [-0.39, 0.29) is 17.2 Å². The quantitative estimate of drug-likeness (QED) is 0.486. The fraction of sp³-hybridized carbons (Fsp3) is 0.400. The van der Waals surface area contributed by atoms with Crippen LogP contribution < -0.4 is 0 Å². The third-order valence-electron chi connectivity index (χ3n) is 5.06. The van der Waals surface area contributed by atoms with Crippen LogP contribution in [0.4, 0.5) is 0 Å². The van der Waals surface area contributed by atoms with Crippen molar-refractivity contribution in [1.82, 2.24) is 8.87 Å². The molecule has 1 atom stereocenters. The number of rotatable bonds is 7. The molecule has 0 amide bonds. The first kappa shape index (κ1) is 23.1. The van der Waals surface area contributed by atoms with Gasteiger partial charge in [0, 0.05) is 30.4 Å².